The highest BCUT2D eigenvalue weighted by atomic mass is 79.9. The van der Waals surface area contributed by atoms with Gasteiger partial charge in [-0.05, 0) is 47.7 Å². The van der Waals surface area contributed by atoms with E-state index in [-0.39, 0.29) is 24.7 Å². The molecular weight excluding hydrogens is 436 g/mol. The third kappa shape index (κ3) is 2.74. The Morgan fingerprint density at radius 3 is 2.44 bits per heavy atom. The molecule has 27 heavy (non-hydrogen) atoms. The number of nitrogens with zero attached hydrogens (tertiary/aromatic N) is 1. The fourth-order valence-electron chi connectivity index (χ4n) is 2.93. The fraction of sp³-hybridized carbons (Fsp3) is 0.111. The van der Waals surface area contributed by atoms with Crippen molar-refractivity contribution in [2.24, 2.45) is 0 Å². The van der Waals surface area contributed by atoms with Crippen LogP contribution in [-0.4, -0.2) is 24.7 Å². The SMILES string of the molecule is N=C1SC(=Cc2cc3c(cc2Br)OCO3)C(=O)N1c1ccc2c(c1)OCO2. The Kier molecular flexibility index (Phi) is 3.80. The van der Waals surface area contributed by atoms with Crippen LogP contribution < -0.4 is 23.8 Å². The van der Waals surface area contributed by atoms with E-state index in [1.807, 2.05) is 0 Å². The van der Waals surface area contributed by atoms with Crippen molar-refractivity contribution < 1.29 is 23.7 Å². The van der Waals surface area contributed by atoms with Gasteiger partial charge in [-0.1, -0.05) is 15.9 Å². The lowest BCUT2D eigenvalue weighted by molar-refractivity contribution is -0.113. The van der Waals surface area contributed by atoms with Gasteiger partial charge in [0, 0.05) is 10.5 Å². The van der Waals surface area contributed by atoms with Crippen molar-refractivity contribution >= 4 is 50.5 Å². The largest absolute Gasteiger partial charge is 0.454 e. The topological polar surface area (TPSA) is 81.1 Å². The van der Waals surface area contributed by atoms with Crippen molar-refractivity contribution in [3.05, 3.63) is 45.3 Å². The van der Waals surface area contributed by atoms with E-state index in [9.17, 15) is 4.79 Å². The summed E-state index contributed by atoms with van der Waals surface area (Å²) in [5, 5.41) is 8.37. The molecule has 0 radical (unpaired) electrons. The molecule has 2 aromatic rings. The van der Waals surface area contributed by atoms with E-state index in [1.165, 1.54) is 4.90 Å². The van der Waals surface area contributed by atoms with Crippen molar-refractivity contribution in [2.75, 3.05) is 18.5 Å². The molecule has 0 unspecified atom stereocenters. The van der Waals surface area contributed by atoms with Crippen LogP contribution in [0.5, 0.6) is 23.0 Å². The number of hydrogen-bond donors (Lipinski definition) is 1. The summed E-state index contributed by atoms with van der Waals surface area (Å²) in [6.07, 6.45) is 1.74. The molecule has 7 nitrogen and oxygen atoms in total. The number of carbonyl (C=O) groups is 1. The van der Waals surface area contributed by atoms with Gasteiger partial charge in [0.05, 0.1) is 10.6 Å². The zero-order valence-electron chi connectivity index (χ0n) is 13.7. The quantitative estimate of drug-likeness (QED) is 0.703. The third-order valence-electron chi connectivity index (χ3n) is 4.22. The number of amidine groups is 1. The first kappa shape index (κ1) is 16.5. The smallest absolute Gasteiger partial charge is 0.271 e. The average Bonchev–Trinajstić information content (AvgIpc) is 3.34. The second kappa shape index (κ2) is 6.21. The van der Waals surface area contributed by atoms with Gasteiger partial charge in [-0.15, -0.1) is 0 Å². The maximum absolute atomic E-state index is 12.9. The van der Waals surface area contributed by atoms with Crippen molar-refractivity contribution in [3.63, 3.8) is 0 Å². The lowest BCUT2D eigenvalue weighted by atomic mass is 10.2. The maximum atomic E-state index is 12.9. The first-order valence-electron chi connectivity index (χ1n) is 7.91. The first-order valence-corrected chi connectivity index (χ1v) is 9.52. The zero-order valence-corrected chi connectivity index (χ0v) is 16.1. The van der Waals surface area contributed by atoms with Gasteiger partial charge in [-0.25, -0.2) is 0 Å². The second-order valence-electron chi connectivity index (χ2n) is 5.82. The molecule has 1 saturated heterocycles. The number of hydrogen-bond acceptors (Lipinski definition) is 7. The molecule has 5 rings (SSSR count). The van der Waals surface area contributed by atoms with E-state index in [0.717, 1.165) is 21.8 Å². The molecule has 0 atom stereocenters. The standard InChI is InChI=1S/C18H11BrN2O5S/c19-11-6-15-13(24-8-26-15)3-9(11)4-16-17(22)21(18(20)27-16)10-1-2-12-14(5-10)25-7-23-12/h1-6,20H,7-8H2. The van der Waals surface area contributed by atoms with Crippen LogP contribution in [0.1, 0.15) is 5.56 Å². The average molecular weight is 447 g/mol. The summed E-state index contributed by atoms with van der Waals surface area (Å²) in [6.45, 7) is 0.334. The molecule has 9 heteroatoms. The minimum absolute atomic E-state index is 0.127. The number of ether oxygens (including phenoxy) is 4. The molecule has 3 aliphatic rings. The number of anilines is 1. The van der Waals surface area contributed by atoms with Crippen LogP contribution in [0.15, 0.2) is 39.7 Å². The summed E-state index contributed by atoms with van der Waals surface area (Å²) >= 11 is 4.59. The molecule has 2 aromatic carbocycles. The molecular formula is C18H11BrN2O5S. The Hall–Kier alpha value is -2.65. The number of carbonyl (C=O) groups excluding carboxylic acids is 1. The van der Waals surface area contributed by atoms with Crippen LogP contribution in [0.4, 0.5) is 5.69 Å². The number of nitrogens with one attached hydrogen (secondary N) is 1. The molecule has 0 aliphatic carbocycles. The van der Waals surface area contributed by atoms with Crippen LogP contribution in [0.2, 0.25) is 0 Å². The van der Waals surface area contributed by atoms with Crippen LogP contribution in [0.3, 0.4) is 0 Å². The second-order valence-corrected chi connectivity index (χ2v) is 7.71. The van der Waals surface area contributed by atoms with Gasteiger partial charge in [0.25, 0.3) is 5.91 Å². The Morgan fingerprint density at radius 2 is 1.67 bits per heavy atom. The molecule has 136 valence electrons. The molecule has 3 aliphatic heterocycles. The normalized spacial score (nSPS) is 18.7. The monoisotopic (exact) mass is 446 g/mol. The fourth-order valence-corrected chi connectivity index (χ4v) is 4.22. The molecule has 0 bridgehead atoms. The van der Waals surface area contributed by atoms with Gasteiger partial charge in [0.1, 0.15) is 0 Å². The number of benzene rings is 2. The minimum atomic E-state index is -0.270. The Morgan fingerprint density at radius 1 is 1.00 bits per heavy atom. The third-order valence-corrected chi connectivity index (χ3v) is 5.79. The van der Waals surface area contributed by atoms with Crippen LogP contribution in [0, 0.1) is 5.41 Å². The van der Waals surface area contributed by atoms with Gasteiger partial charge in [-0.3, -0.25) is 15.1 Å². The van der Waals surface area contributed by atoms with Gasteiger partial charge in [0.2, 0.25) is 13.6 Å². The summed E-state index contributed by atoms with van der Waals surface area (Å²) in [5.41, 5.74) is 1.34. The molecule has 1 amide bonds. The van der Waals surface area contributed by atoms with Crippen molar-refractivity contribution in [3.8, 4) is 23.0 Å². The predicted octanol–water partition coefficient (Wildman–Crippen LogP) is 3.96. The van der Waals surface area contributed by atoms with E-state index in [2.05, 4.69) is 15.9 Å². The van der Waals surface area contributed by atoms with Crippen molar-refractivity contribution in [2.45, 2.75) is 0 Å². The molecule has 0 aromatic heterocycles. The van der Waals surface area contributed by atoms with E-state index in [0.29, 0.717) is 33.6 Å². The predicted molar refractivity (Wildman–Crippen MR) is 104 cm³/mol. The summed E-state index contributed by atoms with van der Waals surface area (Å²) in [5.74, 6) is 2.21. The molecule has 1 N–H and O–H groups in total. The Bertz CT molecular complexity index is 1040. The molecule has 0 spiro atoms. The number of halogens is 1. The van der Waals surface area contributed by atoms with E-state index in [1.54, 1.807) is 36.4 Å². The molecule has 3 heterocycles. The Labute approximate surface area is 166 Å². The van der Waals surface area contributed by atoms with E-state index < -0.39 is 0 Å². The lowest BCUT2D eigenvalue weighted by Crippen LogP contribution is -2.28. The minimum Gasteiger partial charge on any atom is -0.454 e. The summed E-state index contributed by atoms with van der Waals surface area (Å²) in [7, 11) is 0. The zero-order chi connectivity index (χ0) is 18.5. The van der Waals surface area contributed by atoms with E-state index >= 15 is 0 Å². The number of rotatable bonds is 2. The van der Waals surface area contributed by atoms with Crippen molar-refractivity contribution in [1.29, 1.82) is 5.41 Å². The van der Waals surface area contributed by atoms with Crippen molar-refractivity contribution in [1.82, 2.24) is 0 Å². The van der Waals surface area contributed by atoms with Crippen LogP contribution in [0.25, 0.3) is 6.08 Å². The maximum Gasteiger partial charge on any atom is 0.271 e. The number of amides is 1. The summed E-state index contributed by atoms with van der Waals surface area (Å²) in [6, 6.07) is 8.79. The molecule has 1 fully saturated rings. The molecule has 0 saturated carbocycles. The van der Waals surface area contributed by atoms with Gasteiger partial charge in [0.15, 0.2) is 28.2 Å². The number of thioether (sulfide) groups is 1. The first-order chi connectivity index (χ1) is 13.1. The summed E-state index contributed by atoms with van der Waals surface area (Å²) in [4.78, 5) is 14.7. The van der Waals surface area contributed by atoms with Crippen LogP contribution in [-0.2, 0) is 4.79 Å². The van der Waals surface area contributed by atoms with Gasteiger partial charge in [-0.2, -0.15) is 0 Å². The summed E-state index contributed by atoms with van der Waals surface area (Å²) < 4.78 is 22.2. The lowest BCUT2D eigenvalue weighted by Gasteiger charge is -2.14. The van der Waals surface area contributed by atoms with E-state index in [4.69, 9.17) is 24.4 Å². The Balaban J connectivity index is 1.48. The number of fused-ring (bicyclic) bond motifs is 2. The highest BCUT2D eigenvalue weighted by Gasteiger charge is 2.34. The highest BCUT2D eigenvalue weighted by Crippen LogP contribution is 2.42. The van der Waals surface area contributed by atoms with Crippen LogP contribution >= 0.6 is 27.7 Å². The van der Waals surface area contributed by atoms with Gasteiger partial charge < -0.3 is 18.9 Å². The van der Waals surface area contributed by atoms with Gasteiger partial charge >= 0.3 is 0 Å². The highest BCUT2D eigenvalue weighted by molar-refractivity contribution is 9.10.